The molecule has 1 heterocycles. The molecular weight excluding hydrogens is 204 g/mol. The van der Waals surface area contributed by atoms with Gasteiger partial charge >= 0.3 is 0 Å². The summed E-state index contributed by atoms with van der Waals surface area (Å²) in [6.45, 7) is 2.03. The topological polar surface area (TPSA) is 79.5 Å². The summed E-state index contributed by atoms with van der Waals surface area (Å²) in [5.41, 5.74) is 10.7. The molecule has 16 heavy (non-hydrogen) atoms. The lowest BCUT2D eigenvalue weighted by Gasteiger charge is -1.99. The monoisotopic (exact) mass is 214 g/mol. The molecule has 0 saturated carbocycles. The summed E-state index contributed by atoms with van der Waals surface area (Å²) in [6, 6.07) is 7.14. The van der Waals surface area contributed by atoms with Crippen LogP contribution >= 0.6 is 0 Å². The molecule has 0 saturated heterocycles. The van der Waals surface area contributed by atoms with Gasteiger partial charge in [0.05, 0.1) is 17.6 Å². The minimum atomic E-state index is 0.585. The van der Waals surface area contributed by atoms with E-state index in [2.05, 4.69) is 20.3 Å². The number of azide groups is 1. The van der Waals surface area contributed by atoms with Crippen LogP contribution < -0.4 is 0 Å². The number of nitrogens with zero attached hydrogens (tertiary/aromatic N) is 6. The van der Waals surface area contributed by atoms with Crippen LogP contribution in [-0.4, -0.2) is 15.0 Å². The van der Waals surface area contributed by atoms with Crippen molar-refractivity contribution in [1.29, 1.82) is 0 Å². The average molecular weight is 214 g/mol. The molecule has 0 fully saturated rings. The number of aromatic nitrogens is 3. The highest BCUT2D eigenvalue weighted by Crippen LogP contribution is 2.15. The number of rotatable bonds is 3. The molecule has 6 heteroatoms. The smallest absolute Gasteiger partial charge is 0.0829 e. The Morgan fingerprint density at radius 3 is 2.69 bits per heavy atom. The van der Waals surface area contributed by atoms with Crippen LogP contribution in [0.2, 0.25) is 0 Å². The molecule has 0 bridgehead atoms. The lowest BCUT2D eigenvalue weighted by atomic mass is 10.3. The first-order chi connectivity index (χ1) is 7.83. The van der Waals surface area contributed by atoms with Crippen molar-refractivity contribution in [3.8, 4) is 5.69 Å². The molecule has 2 rings (SSSR count). The van der Waals surface area contributed by atoms with E-state index in [4.69, 9.17) is 5.53 Å². The second-order valence-corrected chi connectivity index (χ2v) is 3.21. The van der Waals surface area contributed by atoms with Gasteiger partial charge in [0, 0.05) is 10.6 Å². The Morgan fingerprint density at radius 1 is 1.38 bits per heavy atom. The molecule has 0 aliphatic carbocycles. The van der Waals surface area contributed by atoms with Crippen molar-refractivity contribution < 1.29 is 0 Å². The highest BCUT2D eigenvalue weighted by Gasteiger charge is 2.00. The summed E-state index contributed by atoms with van der Waals surface area (Å²) in [5, 5.41) is 11.5. The first-order valence-electron chi connectivity index (χ1n) is 4.90. The van der Waals surface area contributed by atoms with Crippen LogP contribution in [0.3, 0.4) is 0 Å². The number of benzene rings is 1. The van der Waals surface area contributed by atoms with Crippen LogP contribution in [0.5, 0.6) is 0 Å². The van der Waals surface area contributed by atoms with Crippen LogP contribution in [0.25, 0.3) is 16.1 Å². The maximum Gasteiger partial charge on any atom is 0.0829 e. The second-order valence-electron chi connectivity index (χ2n) is 3.21. The third kappa shape index (κ3) is 2.02. The summed E-state index contributed by atoms with van der Waals surface area (Å²) in [6.07, 6.45) is 2.74. The highest BCUT2D eigenvalue weighted by molar-refractivity contribution is 5.44. The fourth-order valence-corrected chi connectivity index (χ4v) is 1.31. The van der Waals surface area contributed by atoms with Gasteiger partial charge in [0.2, 0.25) is 0 Å². The van der Waals surface area contributed by atoms with Crippen molar-refractivity contribution in [3.63, 3.8) is 0 Å². The molecule has 6 nitrogen and oxygen atoms in total. The standard InChI is InChI=1S/C10H10N6/c1-2-8-7-16(15-13-8)10-5-3-9(4-6-10)12-14-11/h3-7H,2H2,1H3. The van der Waals surface area contributed by atoms with Crippen LogP contribution in [0.1, 0.15) is 12.6 Å². The minimum absolute atomic E-state index is 0.585. The quantitative estimate of drug-likeness (QED) is 0.447. The largest absolute Gasteiger partial charge is 0.220 e. The Kier molecular flexibility index (Phi) is 2.84. The zero-order chi connectivity index (χ0) is 11.4. The lowest BCUT2D eigenvalue weighted by Crippen LogP contribution is -1.93. The van der Waals surface area contributed by atoms with E-state index in [1.165, 1.54) is 0 Å². The number of aryl methyl sites for hydroxylation is 1. The highest BCUT2D eigenvalue weighted by atomic mass is 15.4. The summed E-state index contributed by atoms with van der Waals surface area (Å²) in [4.78, 5) is 2.72. The molecule has 0 radical (unpaired) electrons. The van der Waals surface area contributed by atoms with Gasteiger partial charge in [0.15, 0.2) is 0 Å². The Balaban J connectivity index is 2.30. The van der Waals surface area contributed by atoms with Gasteiger partial charge in [-0.25, -0.2) is 4.68 Å². The fourth-order valence-electron chi connectivity index (χ4n) is 1.31. The van der Waals surface area contributed by atoms with E-state index in [0.717, 1.165) is 17.8 Å². The van der Waals surface area contributed by atoms with Crippen LogP contribution in [-0.2, 0) is 6.42 Å². The molecule has 0 aliphatic rings. The van der Waals surface area contributed by atoms with Gasteiger partial charge in [0.1, 0.15) is 0 Å². The van der Waals surface area contributed by atoms with Crippen molar-refractivity contribution in [3.05, 3.63) is 46.6 Å². The third-order valence-corrected chi connectivity index (χ3v) is 2.18. The molecule has 1 aromatic carbocycles. The van der Waals surface area contributed by atoms with E-state index in [1.54, 1.807) is 16.8 Å². The van der Waals surface area contributed by atoms with E-state index in [9.17, 15) is 0 Å². The number of hydrogen-bond acceptors (Lipinski definition) is 3. The summed E-state index contributed by atoms with van der Waals surface area (Å²) in [7, 11) is 0. The van der Waals surface area contributed by atoms with E-state index in [0.29, 0.717) is 5.69 Å². The van der Waals surface area contributed by atoms with E-state index in [-0.39, 0.29) is 0 Å². The van der Waals surface area contributed by atoms with Gasteiger partial charge in [0.25, 0.3) is 0 Å². The van der Waals surface area contributed by atoms with Crippen molar-refractivity contribution in [2.45, 2.75) is 13.3 Å². The Labute approximate surface area is 92.1 Å². The second kappa shape index (κ2) is 4.46. The first kappa shape index (κ1) is 10.2. The SMILES string of the molecule is CCc1cn(-c2ccc(N=[N+]=[N-])cc2)nn1. The Hall–Kier alpha value is -2.33. The molecular formula is C10H10N6. The molecule has 0 spiro atoms. The summed E-state index contributed by atoms with van der Waals surface area (Å²) < 4.78 is 1.69. The van der Waals surface area contributed by atoms with Crippen molar-refractivity contribution in [2.75, 3.05) is 0 Å². The Bertz CT molecular complexity index is 520. The summed E-state index contributed by atoms with van der Waals surface area (Å²) in [5.74, 6) is 0. The van der Waals surface area contributed by atoms with Gasteiger partial charge in [-0.1, -0.05) is 29.4 Å². The normalized spacial score (nSPS) is 9.81. The molecule has 0 amide bonds. The van der Waals surface area contributed by atoms with E-state index >= 15 is 0 Å². The predicted octanol–water partition coefficient (Wildman–Crippen LogP) is 2.77. The molecule has 0 atom stereocenters. The molecule has 0 aliphatic heterocycles. The van der Waals surface area contributed by atoms with Gasteiger partial charge in [-0.05, 0) is 24.1 Å². The summed E-state index contributed by atoms with van der Waals surface area (Å²) >= 11 is 0. The molecule has 2 aromatic rings. The molecule has 0 unspecified atom stereocenters. The molecule has 1 aromatic heterocycles. The average Bonchev–Trinajstić information content (AvgIpc) is 2.79. The maximum atomic E-state index is 8.27. The Morgan fingerprint density at radius 2 is 2.12 bits per heavy atom. The third-order valence-electron chi connectivity index (χ3n) is 2.18. The number of hydrogen-bond donors (Lipinski definition) is 0. The molecule has 80 valence electrons. The fraction of sp³-hybridized carbons (Fsp3) is 0.200. The van der Waals surface area contributed by atoms with Crippen molar-refractivity contribution >= 4 is 5.69 Å². The predicted molar refractivity (Wildman–Crippen MR) is 59.5 cm³/mol. The zero-order valence-electron chi connectivity index (χ0n) is 8.78. The van der Waals surface area contributed by atoms with Crippen LogP contribution in [0.4, 0.5) is 5.69 Å². The maximum absolute atomic E-state index is 8.27. The van der Waals surface area contributed by atoms with Gasteiger partial charge in [-0.3, -0.25) is 0 Å². The zero-order valence-corrected chi connectivity index (χ0v) is 8.78. The van der Waals surface area contributed by atoms with Gasteiger partial charge < -0.3 is 0 Å². The first-order valence-corrected chi connectivity index (χ1v) is 4.90. The van der Waals surface area contributed by atoms with E-state index in [1.807, 2.05) is 25.3 Å². The van der Waals surface area contributed by atoms with E-state index < -0.39 is 0 Å². The van der Waals surface area contributed by atoms with Crippen molar-refractivity contribution in [2.24, 2.45) is 5.11 Å². The van der Waals surface area contributed by atoms with Gasteiger partial charge in [-0.15, -0.1) is 5.10 Å². The molecule has 0 N–H and O–H groups in total. The van der Waals surface area contributed by atoms with Gasteiger partial charge in [-0.2, -0.15) is 0 Å². The van der Waals surface area contributed by atoms with Crippen LogP contribution in [0.15, 0.2) is 35.6 Å². The minimum Gasteiger partial charge on any atom is -0.220 e. The lowest BCUT2D eigenvalue weighted by molar-refractivity contribution is 0.798. The van der Waals surface area contributed by atoms with Crippen LogP contribution in [0, 0.1) is 0 Å². The van der Waals surface area contributed by atoms with Crippen molar-refractivity contribution in [1.82, 2.24) is 15.0 Å².